The average Bonchev–Trinajstić information content (AvgIpc) is 2.55. The highest BCUT2D eigenvalue weighted by Crippen LogP contribution is 2.27. The number of benzene rings is 3. The smallest absolute Gasteiger partial charge is 0.0422 e. The monoisotopic (exact) mass is 273 g/mol. The largest absolute Gasteiger partial charge is 0.381 e. The Kier molecular flexibility index (Phi) is 3.11. The fourth-order valence-corrected chi connectivity index (χ4v) is 3.39. The molecule has 1 N–H and O–H groups in total. The van der Waals surface area contributed by atoms with Crippen LogP contribution in [0.2, 0.25) is 0 Å². The van der Waals surface area contributed by atoms with Crippen LogP contribution in [-0.2, 0) is 12.8 Å². The summed E-state index contributed by atoms with van der Waals surface area (Å²) in [4.78, 5) is 0. The summed E-state index contributed by atoms with van der Waals surface area (Å²) in [6.45, 7) is 0. The minimum absolute atomic E-state index is 0.533. The van der Waals surface area contributed by atoms with Gasteiger partial charge in [0.2, 0.25) is 0 Å². The van der Waals surface area contributed by atoms with Crippen LogP contribution in [-0.4, -0.2) is 6.04 Å². The molecule has 3 aromatic carbocycles. The molecule has 3 aromatic rings. The van der Waals surface area contributed by atoms with Crippen LogP contribution in [0.15, 0.2) is 66.7 Å². The van der Waals surface area contributed by atoms with Crippen molar-refractivity contribution in [3.8, 4) is 0 Å². The van der Waals surface area contributed by atoms with E-state index in [0.29, 0.717) is 6.04 Å². The van der Waals surface area contributed by atoms with Gasteiger partial charge in [0.25, 0.3) is 0 Å². The Morgan fingerprint density at radius 1 is 0.762 bits per heavy atom. The maximum absolute atomic E-state index is 3.76. The molecule has 0 aromatic heterocycles. The number of hydrogen-bond donors (Lipinski definition) is 1. The Morgan fingerprint density at radius 3 is 2.48 bits per heavy atom. The zero-order valence-corrected chi connectivity index (χ0v) is 12.0. The van der Waals surface area contributed by atoms with E-state index >= 15 is 0 Å². The predicted octanol–water partition coefficient (Wildman–Crippen LogP) is 4.81. The van der Waals surface area contributed by atoms with Crippen molar-refractivity contribution in [3.63, 3.8) is 0 Å². The first-order valence-electron chi connectivity index (χ1n) is 7.71. The van der Waals surface area contributed by atoms with Crippen LogP contribution in [0, 0.1) is 0 Å². The lowest BCUT2D eigenvalue weighted by molar-refractivity contribution is 0.611. The van der Waals surface area contributed by atoms with Crippen molar-refractivity contribution in [3.05, 3.63) is 77.9 Å². The van der Waals surface area contributed by atoms with E-state index in [0.717, 1.165) is 6.42 Å². The lowest BCUT2D eigenvalue weighted by atomic mass is 9.88. The quantitative estimate of drug-likeness (QED) is 0.706. The molecule has 0 spiro atoms. The van der Waals surface area contributed by atoms with Gasteiger partial charge >= 0.3 is 0 Å². The molecule has 0 heterocycles. The van der Waals surface area contributed by atoms with Crippen LogP contribution in [0.4, 0.5) is 5.69 Å². The van der Waals surface area contributed by atoms with E-state index in [1.165, 1.54) is 40.4 Å². The second-order valence-electron chi connectivity index (χ2n) is 5.88. The molecular formula is C20H19N. The van der Waals surface area contributed by atoms with Crippen molar-refractivity contribution in [2.24, 2.45) is 0 Å². The van der Waals surface area contributed by atoms with Crippen LogP contribution >= 0.6 is 0 Å². The number of nitrogens with one attached hydrogen (secondary N) is 1. The molecule has 104 valence electrons. The fraction of sp³-hybridized carbons (Fsp3) is 0.200. The van der Waals surface area contributed by atoms with Gasteiger partial charge < -0.3 is 5.32 Å². The molecule has 0 saturated heterocycles. The van der Waals surface area contributed by atoms with E-state index < -0.39 is 0 Å². The molecule has 1 unspecified atom stereocenters. The summed E-state index contributed by atoms with van der Waals surface area (Å²) in [5.74, 6) is 0. The molecule has 4 rings (SSSR count). The number of fused-ring (bicyclic) bond motifs is 2. The second-order valence-corrected chi connectivity index (χ2v) is 5.88. The van der Waals surface area contributed by atoms with Gasteiger partial charge in [-0.2, -0.15) is 0 Å². The standard InChI is InChI=1S/C20H19N/c1-2-8-17-14-18(13-12-15(17)6-1)21-20-11-5-9-16-7-3-4-10-19(16)20/h1-11,18,21H,12-14H2. The number of aryl methyl sites for hydroxylation is 1. The lowest BCUT2D eigenvalue weighted by Gasteiger charge is -2.27. The van der Waals surface area contributed by atoms with Gasteiger partial charge in [-0.1, -0.05) is 60.7 Å². The molecule has 0 bridgehead atoms. The minimum Gasteiger partial charge on any atom is -0.381 e. The highest BCUT2D eigenvalue weighted by molar-refractivity contribution is 5.93. The van der Waals surface area contributed by atoms with Gasteiger partial charge in [0.15, 0.2) is 0 Å². The van der Waals surface area contributed by atoms with Crippen molar-refractivity contribution in [1.29, 1.82) is 0 Å². The molecule has 0 saturated carbocycles. The molecule has 0 aliphatic heterocycles. The van der Waals surface area contributed by atoms with E-state index in [-0.39, 0.29) is 0 Å². The van der Waals surface area contributed by atoms with Gasteiger partial charge in [-0.3, -0.25) is 0 Å². The van der Waals surface area contributed by atoms with Crippen LogP contribution in [0.3, 0.4) is 0 Å². The molecular weight excluding hydrogens is 254 g/mol. The number of rotatable bonds is 2. The Morgan fingerprint density at radius 2 is 1.52 bits per heavy atom. The van der Waals surface area contributed by atoms with E-state index in [1.807, 2.05) is 0 Å². The minimum atomic E-state index is 0.533. The highest BCUT2D eigenvalue weighted by atomic mass is 14.9. The highest BCUT2D eigenvalue weighted by Gasteiger charge is 2.18. The van der Waals surface area contributed by atoms with Crippen LogP contribution in [0.5, 0.6) is 0 Å². The van der Waals surface area contributed by atoms with Crippen molar-refractivity contribution in [1.82, 2.24) is 0 Å². The summed E-state index contributed by atoms with van der Waals surface area (Å²) in [5.41, 5.74) is 4.28. The Bertz CT molecular complexity index is 770. The third kappa shape index (κ3) is 2.40. The molecule has 21 heavy (non-hydrogen) atoms. The molecule has 0 fully saturated rings. The van der Waals surface area contributed by atoms with Crippen LogP contribution < -0.4 is 5.32 Å². The second kappa shape index (κ2) is 5.25. The van der Waals surface area contributed by atoms with Crippen molar-refractivity contribution >= 4 is 16.5 Å². The maximum Gasteiger partial charge on any atom is 0.0422 e. The summed E-state index contributed by atoms with van der Waals surface area (Å²) >= 11 is 0. The van der Waals surface area contributed by atoms with E-state index in [9.17, 15) is 0 Å². The zero-order chi connectivity index (χ0) is 14.1. The lowest BCUT2D eigenvalue weighted by Crippen LogP contribution is -2.27. The fourth-order valence-electron chi connectivity index (χ4n) is 3.39. The van der Waals surface area contributed by atoms with Crippen LogP contribution in [0.1, 0.15) is 17.5 Å². The summed E-state index contributed by atoms with van der Waals surface area (Å²) in [6, 6.07) is 24.5. The first kappa shape index (κ1) is 12.5. The first-order chi connectivity index (χ1) is 10.4. The molecule has 0 radical (unpaired) electrons. The van der Waals surface area contributed by atoms with Gasteiger partial charge in [0, 0.05) is 17.1 Å². The maximum atomic E-state index is 3.76. The summed E-state index contributed by atoms with van der Waals surface area (Å²) < 4.78 is 0. The topological polar surface area (TPSA) is 12.0 Å². The van der Waals surface area contributed by atoms with Crippen molar-refractivity contribution in [2.75, 3.05) is 5.32 Å². The van der Waals surface area contributed by atoms with E-state index in [1.54, 1.807) is 0 Å². The SMILES string of the molecule is c1ccc2c(c1)CCC(Nc1cccc3ccccc13)C2. The molecule has 1 nitrogen and oxygen atoms in total. The zero-order valence-electron chi connectivity index (χ0n) is 12.0. The normalized spacial score (nSPS) is 17.4. The summed E-state index contributed by atoms with van der Waals surface area (Å²) in [7, 11) is 0. The molecule has 1 aliphatic rings. The molecule has 1 heteroatoms. The van der Waals surface area contributed by atoms with Gasteiger partial charge in [0.1, 0.15) is 0 Å². The van der Waals surface area contributed by atoms with Gasteiger partial charge in [-0.05, 0) is 41.8 Å². The molecule has 0 amide bonds. The van der Waals surface area contributed by atoms with Crippen LogP contribution in [0.25, 0.3) is 10.8 Å². The first-order valence-corrected chi connectivity index (χ1v) is 7.71. The predicted molar refractivity (Wildman–Crippen MR) is 89.8 cm³/mol. The number of anilines is 1. The average molecular weight is 273 g/mol. The summed E-state index contributed by atoms with van der Waals surface area (Å²) in [5, 5.41) is 6.39. The van der Waals surface area contributed by atoms with E-state index in [2.05, 4.69) is 72.0 Å². The Labute approximate surface area is 125 Å². The molecule has 1 aliphatic carbocycles. The van der Waals surface area contributed by atoms with Crippen molar-refractivity contribution < 1.29 is 0 Å². The van der Waals surface area contributed by atoms with E-state index in [4.69, 9.17) is 0 Å². The number of hydrogen-bond acceptors (Lipinski definition) is 1. The Balaban J connectivity index is 1.62. The van der Waals surface area contributed by atoms with Crippen molar-refractivity contribution in [2.45, 2.75) is 25.3 Å². The van der Waals surface area contributed by atoms with Gasteiger partial charge in [-0.15, -0.1) is 0 Å². The third-order valence-electron chi connectivity index (χ3n) is 4.50. The van der Waals surface area contributed by atoms with Gasteiger partial charge in [-0.25, -0.2) is 0 Å². The third-order valence-corrected chi connectivity index (χ3v) is 4.50. The Hall–Kier alpha value is -2.28. The molecule has 1 atom stereocenters. The van der Waals surface area contributed by atoms with Gasteiger partial charge in [0.05, 0.1) is 0 Å². The summed E-state index contributed by atoms with van der Waals surface area (Å²) in [6.07, 6.45) is 3.51.